The highest BCUT2D eigenvalue weighted by Gasteiger charge is 2.24. The van der Waals surface area contributed by atoms with Gasteiger partial charge in [0.2, 0.25) is 0 Å². The zero-order chi connectivity index (χ0) is 11.5. The molecule has 1 heterocycles. The molecule has 1 N–H and O–H groups in total. The van der Waals surface area contributed by atoms with Gasteiger partial charge in [0.05, 0.1) is 6.10 Å². The van der Waals surface area contributed by atoms with Crippen molar-refractivity contribution in [3.8, 4) is 0 Å². The predicted molar refractivity (Wildman–Crippen MR) is 63.4 cm³/mol. The average molecular weight is 221 g/mol. The van der Waals surface area contributed by atoms with E-state index in [9.17, 15) is 9.90 Å². The SMILES string of the molecule is Cc1cccn(CCC2CCCC2O)c1=O. The molecule has 1 aromatic rings. The summed E-state index contributed by atoms with van der Waals surface area (Å²) in [6, 6.07) is 3.74. The minimum atomic E-state index is -0.152. The molecule has 0 amide bonds. The maximum Gasteiger partial charge on any atom is 0.253 e. The van der Waals surface area contributed by atoms with E-state index in [2.05, 4.69) is 0 Å². The van der Waals surface area contributed by atoms with Crippen molar-refractivity contribution in [2.75, 3.05) is 0 Å². The summed E-state index contributed by atoms with van der Waals surface area (Å²) < 4.78 is 1.75. The third-order valence-electron chi connectivity index (χ3n) is 3.57. The van der Waals surface area contributed by atoms with Gasteiger partial charge in [0.1, 0.15) is 0 Å². The van der Waals surface area contributed by atoms with Crippen LogP contribution in [0, 0.1) is 12.8 Å². The van der Waals surface area contributed by atoms with Crippen LogP contribution in [0.2, 0.25) is 0 Å². The Morgan fingerprint density at radius 3 is 3.00 bits per heavy atom. The van der Waals surface area contributed by atoms with Gasteiger partial charge in [-0.05, 0) is 38.2 Å². The van der Waals surface area contributed by atoms with E-state index in [0.717, 1.165) is 37.8 Å². The lowest BCUT2D eigenvalue weighted by Gasteiger charge is -2.15. The van der Waals surface area contributed by atoms with Crippen molar-refractivity contribution >= 4 is 0 Å². The highest BCUT2D eigenvalue weighted by Crippen LogP contribution is 2.28. The van der Waals surface area contributed by atoms with E-state index in [1.165, 1.54) is 0 Å². The number of aliphatic hydroxyl groups excluding tert-OH is 1. The molecule has 3 nitrogen and oxygen atoms in total. The highest BCUT2D eigenvalue weighted by atomic mass is 16.3. The van der Waals surface area contributed by atoms with E-state index in [0.29, 0.717) is 5.92 Å². The van der Waals surface area contributed by atoms with E-state index in [-0.39, 0.29) is 11.7 Å². The first-order chi connectivity index (χ1) is 7.68. The van der Waals surface area contributed by atoms with Crippen molar-refractivity contribution in [1.29, 1.82) is 0 Å². The first-order valence-electron chi connectivity index (χ1n) is 6.02. The summed E-state index contributed by atoms with van der Waals surface area (Å²) in [4.78, 5) is 11.8. The van der Waals surface area contributed by atoms with Gasteiger partial charge in [0, 0.05) is 18.3 Å². The third-order valence-corrected chi connectivity index (χ3v) is 3.57. The topological polar surface area (TPSA) is 42.2 Å². The largest absolute Gasteiger partial charge is 0.393 e. The fraction of sp³-hybridized carbons (Fsp3) is 0.615. The van der Waals surface area contributed by atoms with Crippen LogP contribution in [0.4, 0.5) is 0 Å². The van der Waals surface area contributed by atoms with Gasteiger partial charge < -0.3 is 9.67 Å². The lowest BCUT2D eigenvalue weighted by Crippen LogP contribution is -2.24. The summed E-state index contributed by atoms with van der Waals surface area (Å²) in [5.41, 5.74) is 0.879. The van der Waals surface area contributed by atoms with Crippen molar-refractivity contribution in [1.82, 2.24) is 4.57 Å². The Hall–Kier alpha value is -1.09. The van der Waals surface area contributed by atoms with E-state index in [1.807, 2.05) is 25.3 Å². The molecule has 0 aliphatic heterocycles. The second-order valence-electron chi connectivity index (χ2n) is 4.74. The molecule has 1 aromatic heterocycles. The minimum absolute atomic E-state index is 0.0926. The molecule has 88 valence electrons. The van der Waals surface area contributed by atoms with Gasteiger partial charge in [0.15, 0.2) is 0 Å². The number of hydrogen-bond donors (Lipinski definition) is 1. The van der Waals surface area contributed by atoms with Crippen LogP contribution >= 0.6 is 0 Å². The normalized spacial score (nSPS) is 24.9. The number of aryl methyl sites for hydroxylation is 2. The Morgan fingerprint density at radius 1 is 1.50 bits per heavy atom. The van der Waals surface area contributed by atoms with Crippen molar-refractivity contribution in [3.63, 3.8) is 0 Å². The molecule has 1 aliphatic carbocycles. The Kier molecular flexibility index (Phi) is 3.44. The molecule has 2 unspecified atom stereocenters. The number of aliphatic hydroxyl groups is 1. The maximum absolute atomic E-state index is 11.8. The molecule has 2 atom stereocenters. The Balaban J connectivity index is 1.99. The lowest BCUT2D eigenvalue weighted by atomic mass is 10.0. The van der Waals surface area contributed by atoms with Gasteiger partial charge in [-0.2, -0.15) is 0 Å². The van der Waals surface area contributed by atoms with Crippen molar-refractivity contribution in [2.45, 2.75) is 45.3 Å². The number of pyridine rings is 1. The van der Waals surface area contributed by atoms with Crippen LogP contribution < -0.4 is 5.56 Å². The summed E-state index contributed by atoms with van der Waals surface area (Å²) in [7, 11) is 0. The third kappa shape index (κ3) is 2.35. The monoisotopic (exact) mass is 221 g/mol. The summed E-state index contributed by atoms with van der Waals surface area (Å²) in [5, 5.41) is 9.70. The molecule has 1 saturated carbocycles. The Morgan fingerprint density at radius 2 is 2.31 bits per heavy atom. The summed E-state index contributed by atoms with van der Waals surface area (Å²) in [5.74, 6) is 0.382. The fourth-order valence-electron chi connectivity index (χ4n) is 2.49. The van der Waals surface area contributed by atoms with Crippen LogP contribution in [0.25, 0.3) is 0 Å². The molecule has 0 spiro atoms. The van der Waals surface area contributed by atoms with E-state index < -0.39 is 0 Å². The molecule has 0 bridgehead atoms. The van der Waals surface area contributed by atoms with Crippen molar-refractivity contribution < 1.29 is 5.11 Å². The quantitative estimate of drug-likeness (QED) is 0.844. The molecule has 2 rings (SSSR count). The van der Waals surface area contributed by atoms with Crippen LogP contribution in [0.1, 0.15) is 31.2 Å². The number of hydrogen-bond acceptors (Lipinski definition) is 2. The van der Waals surface area contributed by atoms with Gasteiger partial charge in [-0.25, -0.2) is 0 Å². The first kappa shape index (κ1) is 11.4. The van der Waals surface area contributed by atoms with Crippen LogP contribution in [0.15, 0.2) is 23.1 Å². The molecule has 3 heteroatoms. The van der Waals surface area contributed by atoms with Crippen LogP contribution in [-0.2, 0) is 6.54 Å². The van der Waals surface area contributed by atoms with Gasteiger partial charge in [0.25, 0.3) is 5.56 Å². The highest BCUT2D eigenvalue weighted by molar-refractivity contribution is 5.07. The molecule has 0 aromatic carbocycles. The molecular weight excluding hydrogens is 202 g/mol. The zero-order valence-corrected chi connectivity index (χ0v) is 9.72. The standard InChI is InChI=1S/C13H19NO2/c1-10-4-3-8-14(13(10)16)9-7-11-5-2-6-12(11)15/h3-4,8,11-12,15H,2,5-7,9H2,1H3. The summed E-state index contributed by atoms with van der Waals surface area (Å²) in [6.45, 7) is 2.56. The van der Waals surface area contributed by atoms with Crippen LogP contribution in [0.3, 0.4) is 0 Å². The Bertz CT molecular complexity index is 411. The minimum Gasteiger partial charge on any atom is -0.393 e. The first-order valence-corrected chi connectivity index (χ1v) is 6.02. The smallest absolute Gasteiger partial charge is 0.253 e. The fourth-order valence-corrected chi connectivity index (χ4v) is 2.49. The van der Waals surface area contributed by atoms with Gasteiger partial charge >= 0.3 is 0 Å². The van der Waals surface area contributed by atoms with E-state index >= 15 is 0 Å². The van der Waals surface area contributed by atoms with Gasteiger partial charge in [-0.1, -0.05) is 12.5 Å². The van der Waals surface area contributed by atoms with E-state index in [1.54, 1.807) is 4.57 Å². The van der Waals surface area contributed by atoms with Gasteiger partial charge in [-0.3, -0.25) is 4.79 Å². The molecule has 0 saturated heterocycles. The second kappa shape index (κ2) is 4.83. The summed E-state index contributed by atoms with van der Waals surface area (Å²) in [6.07, 6.45) is 5.73. The van der Waals surface area contributed by atoms with E-state index in [4.69, 9.17) is 0 Å². The predicted octanol–water partition coefficient (Wildman–Crippen LogP) is 1.71. The maximum atomic E-state index is 11.8. The molecule has 0 radical (unpaired) electrons. The molecule has 1 aliphatic rings. The number of aromatic nitrogens is 1. The second-order valence-corrected chi connectivity index (χ2v) is 4.74. The lowest BCUT2D eigenvalue weighted by molar-refractivity contribution is 0.125. The summed E-state index contributed by atoms with van der Waals surface area (Å²) >= 11 is 0. The number of rotatable bonds is 3. The Labute approximate surface area is 95.7 Å². The average Bonchev–Trinajstić information content (AvgIpc) is 2.67. The number of nitrogens with zero attached hydrogens (tertiary/aromatic N) is 1. The van der Waals surface area contributed by atoms with Gasteiger partial charge in [-0.15, -0.1) is 0 Å². The van der Waals surface area contributed by atoms with Crippen LogP contribution in [-0.4, -0.2) is 15.8 Å². The van der Waals surface area contributed by atoms with Crippen molar-refractivity contribution in [2.24, 2.45) is 5.92 Å². The molecule has 16 heavy (non-hydrogen) atoms. The molecular formula is C13H19NO2. The van der Waals surface area contributed by atoms with Crippen LogP contribution in [0.5, 0.6) is 0 Å². The van der Waals surface area contributed by atoms with Crippen molar-refractivity contribution in [3.05, 3.63) is 34.2 Å². The zero-order valence-electron chi connectivity index (χ0n) is 9.72. The molecule has 1 fully saturated rings.